The lowest BCUT2D eigenvalue weighted by molar-refractivity contribution is 0.350. The molecule has 0 unspecified atom stereocenters. The van der Waals surface area contributed by atoms with Crippen molar-refractivity contribution in [1.29, 1.82) is 0 Å². The number of hydrogen-bond donors (Lipinski definition) is 1. The number of nitrogens with zero attached hydrogens (tertiary/aromatic N) is 1. The predicted molar refractivity (Wildman–Crippen MR) is 81.3 cm³/mol. The molecule has 0 saturated heterocycles. The Morgan fingerprint density at radius 1 is 1.24 bits per heavy atom. The Balaban J connectivity index is 2.13. The standard InChI is InChI=1S/C16H10FNO2S/c17-14-10-12(8-7-11(14)4-3-9-19)18-16(20)13-5-1-2-6-15(13)21-18/h1-2,5-8,10,19H,9H2. The Morgan fingerprint density at radius 3 is 2.76 bits per heavy atom. The second-order valence-electron chi connectivity index (χ2n) is 4.31. The molecule has 0 saturated carbocycles. The van der Waals surface area contributed by atoms with Crippen LogP contribution in [0, 0.1) is 17.7 Å². The summed E-state index contributed by atoms with van der Waals surface area (Å²) in [7, 11) is 0. The lowest BCUT2D eigenvalue weighted by atomic mass is 10.2. The summed E-state index contributed by atoms with van der Waals surface area (Å²) >= 11 is 1.27. The fourth-order valence-corrected chi connectivity index (χ4v) is 3.00. The number of fused-ring (bicyclic) bond motifs is 1. The summed E-state index contributed by atoms with van der Waals surface area (Å²) in [5.41, 5.74) is 0.499. The van der Waals surface area contributed by atoms with Crippen molar-refractivity contribution in [2.24, 2.45) is 0 Å². The van der Waals surface area contributed by atoms with Gasteiger partial charge in [0.05, 0.1) is 21.3 Å². The van der Waals surface area contributed by atoms with E-state index in [1.165, 1.54) is 27.6 Å². The van der Waals surface area contributed by atoms with Crippen LogP contribution in [0.2, 0.25) is 0 Å². The monoisotopic (exact) mass is 299 g/mol. The first kappa shape index (κ1) is 13.6. The molecule has 1 aromatic heterocycles. The van der Waals surface area contributed by atoms with Gasteiger partial charge < -0.3 is 5.11 Å². The smallest absolute Gasteiger partial charge is 0.273 e. The molecule has 2 aromatic carbocycles. The van der Waals surface area contributed by atoms with Gasteiger partial charge in [-0.2, -0.15) is 0 Å². The molecule has 0 spiro atoms. The molecule has 0 atom stereocenters. The Labute approximate surface area is 124 Å². The number of hydrogen-bond acceptors (Lipinski definition) is 3. The minimum Gasteiger partial charge on any atom is -0.384 e. The number of rotatable bonds is 1. The summed E-state index contributed by atoms with van der Waals surface area (Å²) in [4.78, 5) is 12.3. The van der Waals surface area contributed by atoms with E-state index >= 15 is 0 Å². The van der Waals surface area contributed by atoms with Crippen molar-refractivity contribution in [1.82, 2.24) is 3.96 Å². The molecule has 3 nitrogen and oxygen atoms in total. The van der Waals surface area contributed by atoms with Crippen LogP contribution in [0.1, 0.15) is 5.56 Å². The van der Waals surface area contributed by atoms with Crippen LogP contribution in [0.5, 0.6) is 0 Å². The van der Waals surface area contributed by atoms with Crippen molar-refractivity contribution in [2.75, 3.05) is 6.61 Å². The zero-order valence-electron chi connectivity index (χ0n) is 10.8. The third-order valence-corrected chi connectivity index (χ3v) is 4.09. The van der Waals surface area contributed by atoms with E-state index in [4.69, 9.17) is 5.11 Å². The second kappa shape index (κ2) is 5.52. The lowest BCUT2D eigenvalue weighted by Crippen LogP contribution is -2.10. The average molecular weight is 299 g/mol. The van der Waals surface area contributed by atoms with Crippen LogP contribution >= 0.6 is 11.5 Å². The maximum absolute atomic E-state index is 14.0. The third-order valence-electron chi connectivity index (χ3n) is 2.98. The van der Waals surface area contributed by atoms with Crippen LogP contribution in [-0.2, 0) is 0 Å². The van der Waals surface area contributed by atoms with Crippen LogP contribution in [0.15, 0.2) is 47.3 Å². The van der Waals surface area contributed by atoms with E-state index in [2.05, 4.69) is 11.8 Å². The topological polar surface area (TPSA) is 42.2 Å². The van der Waals surface area contributed by atoms with Gasteiger partial charge in [-0.1, -0.05) is 35.5 Å². The van der Waals surface area contributed by atoms with Crippen molar-refractivity contribution in [3.8, 4) is 17.5 Å². The molecule has 1 heterocycles. The van der Waals surface area contributed by atoms with Gasteiger partial charge in [0.15, 0.2) is 0 Å². The molecule has 0 amide bonds. The Bertz CT molecular complexity index is 931. The Kier molecular flexibility index (Phi) is 3.57. The van der Waals surface area contributed by atoms with Gasteiger partial charge in [0, 0.05) is 6.07 Å². The highest BCUT2D eigenvalue weighted by Gasteiger charge is 2.10. The zero-order valence-corrected chi connectivity index (χ0v) is 11.7. The normalized spacial score (nSPS) is 10.4. The molecule has 0 aliphatic rings. The van der Waals surface area contributed by atoms with E-state index in [1.54, 1.807) is 18.2 Å². The van der Waals surface area contributed by atoms with Crippen molar-refractivity contribution in [2.45, 2.75) is 0 Å². The van der Waals surface area contributed by atoms with Gasteiger partial charge in [-0.15, -0.1) is 0 Å². The van der Waals surface area contributed by atoms with Crippen LogP contribution in [0.25, 0.3) is 15.8 Å². The number of halogens is 1. The molecular weight excluding hydrogens is 289 g/mol. The van der Waals surface area contributed by atoms with Gasteiger partial charge in [-0.25, -0.2) is 8.35 Å². The predicted octanol–water partition coefficient (Wildman–Crippen LogP) is 2.54. The fraction of sp³-hybridized carbons (Fsp3) is 0.0625. The first-order valence-corrected chi connectivity index (χ1v) is 6.99. The molecule has 0 aliphatic carbocycles. The number of aliphatic hydroxyl groups is 1. The molecule has 1 N–H and O–H groups in total. The SMILES string of the molecule is O=c1c2ccccc2sn1-c1ccc(C#CCO)c(F)c1. The first-order valence-electron chi connectivity index (χ1n) is 6.21. The van der Waals surface area contributed by atoms with Gasteiger partial charge >= 0.3 is 0 Å². The summed E-state index contributed by atoms with van der Waals surface area (Å²) in [5, 5.41) is 9.25. The summed E-state index contributed by atoms with van der Waals surface area (Å²) in [6, 6.07) is 11.7. The highest BCUT2D eigenvalue weighted by molar-refractivity contribution is 7.14. The molecule has 5 heteroatoms. The van der Waals surface area contributed by atoms with Gasteiger partial charge in [-0.3, -0.25) is 4.79 Å². The molecule has 0 radical (unpaired) electrons. The Hall–Kier alpha value is -2.42. The highest BCUT2D eigenvalue weighted by Crippen LogP contribution is 2.21. The van der Waals surface area contributed by atoms with E-state index in [9.17, 15) is 9.18 Å². The first-order chi connectivity index (χ1) is 10.2. The van der Waals surface area contributed by atoms with Crippen molar-refractivity contribution >= 4 is 21.6 Å². The van der Waals surface area contributed by atoms with Crippen LogP contribution < -0.4 is 5.56 Å². The van der Waals surface area contributed by atoms with Crippen molar-refractivity contribution in [3.05, 3.63) is 64.2 Å². The summed E-state index contributed by atoms with van der Waals surface area (Å²) < 4.78 is 16.3. The molecule has 0 fully saturated rings. The second-order valence-corrected chi connectivity index (χ2v) is 5.30. The molecule has 0 aliphatic heterocycles. The summed E-state index contributed by atoms with van der Waals surface area (Å²) in [6.07, 6.45) is 0. The molecule has 21 heavy (non-hydrogen) atoms. The molecular formula is C16H10FNO2S. The van der Waals surface area contributed by atoms with Crippen LogP contribution in [0.3, 0.4) is 0 Å². The fourth-order valence-electron chi connectivity index (χ4n) is 2.01. The summed E-state index contributed by atoms with van der Waals surface area (Å²) in [5.74, 6) is 4.40. The van der Waals surface area contributed by atoms with Gasteiger partial charge in [0.2, 0.25) is 0 Å². The van der Waals surface area contributed by atoms with E-state index in [0.717, 1.165) is 4.70 Å². The molecule has 104 valence electrons. The van der Waals surface area contributed by atoms with Crippen LogP contribution in [0.4, 0.5) is 4.39 Å². The molecule has 3 rings (SSSR count). The molecule has 3 aromatic rings. The summed E-state index contributed by atoms with van der Waals surface area (Å²) in [6.45, 7) is -0.322. The Morgan fingerprint density at radius 2 is 2.05 bits per heavy atom. The van der Waals surface area contributed by atoms with E-state index in [1.807, 2.05) is 12.1 Å². The zero-order chi connectivity index (χ0) is 14.8. The number of benzene rings is 2. The van der Waals surface area contributed by atoms with Crippen molar-refractivity contribution in [3.63, 3.8) is 0 Å². The van der Waals surface area contributed by atoms with Crippen LogP contribution in [-0.4, -0.2) is 15.7 Å². The highest BCUT2D eigenvalue weighted by atomic mass is 32.1. The van der Waals surface area contributed by atoms with E-state index < -0.39 is 5.82 Å². The van der Waals surface area contributed by atoms with Gasteiger partial charge in [-0.05, 0) is 24.3 Å². The van der Waals surface area contributed by atoms with Gasteiger partial charge in [0.25, 0.3) is 5.56 Å². The lowest BCUT2D eigenvalue weighted by Gasteiger charge is -2.01. The maximum Gasteiger partial charge on any atom is 0.273 e. The van der Waals surface area contributed by atoms with Gasteiger partial charge in [0.1, 0.15) is 12.4 Å². The number of aromatic nitrogens is 1. The van der Waals surface area contributed by atoms with E-state index in [0.29, 0.717) is 11.1 Å². The maximum atomic E-state index is 14.0. The van der Waals surface area contributed by atoms with E-state index in [-0.39, 0.29) is 17.7 Å². The quantitative estimate of drug-likeness (QED) is 0.702. The molecule has 0 bridgehead atoms. The third kappa shape index (κ3) is 2.47. The minimum absolute atomic E-state index is 0.163. The number of aliphatic hydroxyl groups excluding tert-OH is 1. The van der Waals surface area contributed by atoms with Crippen molar-refractivity contribution < 1.29 is 9.50 Å². The average Bonchev–Trinajstić information content (AvgIpc) is 2.84. The minimum atomic E-state index is -0.516. The largest absolute Gasteiger partial charge is 0.384 e.